The van der Waals surface area contributed by atoms with Crippen LogP contribution in [0, 0.1) is 13.8 Å². The predicted octanol–water partition coefficient (Wildman–Crippen LogP) is 3.61. The molecule has 2 rings (SSSR count). The van der Waals surface area contributed by atoms with Crippen molar-refractivity contribution >= 4 is 41.1 Å². The van der Waals surface area contributed by atoms with Crippen LogP contribution in [0.5, 0.6) is 0 Å². The Morgan fingerprint density at radius 1 is 1.10 bits per heavy atom. The minimum atomic E-state index is -0.660. The molecule has 0 aliphatic carbocycles. The maximum atomic E-state index is 12.1. The molecule has 29 heavy (non-hydrogen) atoms. The van der Waals surface area contributed by atoms with Crippen LogP contribution in [-0.2, 0) is 19.1 Å². The number of hydrogen-bond acceptors (Lipinski definition) is 4. The number of ether oxygens (including phenoxy) is 1. The van der Waals surface area contributed by atoms with E-state index >= 15 is 0 Å². The molecule has 0 bridgehead atoms. The van der Waals surface area contributed by atoms with Gasteiger partial charge in [0.2, 0.25) is 5.91 Å². The van der Waals surface area contributed by atoms with Crippen LogP contribution < -0.4 is 5.32 Å². The molecule has 0 saturated carbocycles. The molecule has 2 amide bonds. The second kappa shape index (κ2) is 10.4. The number of likely N-dealkylation sites (N-methyl/N-ethyl adjacent to an activating group) is 1. The van der Waals surface area contributed by atoms with Gasteiger partial charge < -0.3 is 15.0 Å². The fraction of sp³-hybridized carbons (Fsp3) is 0.227. The molecule has 0 fully saturated rings. The first-order valence-corrected chi connectivity index (χ1v) is 9.34. The Morgan fingerprint density at radius 3 is 2.45 bits per heavy atom. The fourth-order valence-electron chi connectivity index (χ4n) is 2.31. The van der Waals surface area contributed by atoms with E-state index in [0.29, 0.717) is 10.7 Å². The van der Waals surface area contributed by atoms with E-state index in [1.807, 2.05) is 38.1 Å². The number of carbonyl (C=O) groups is 3. The second-order valence-corrected chi connectivity index (χ2v) is 7.02. The van der Waals surface area contributed by atoms with Crippen molar-refractivity contribution in [3.05, 3.63) is 70.3 Å². The van der Waals surface area contributed by atoms with E-state index in [0.717, 1.165) is 16.7 Å². The third-order valence-electron chi connectivity index (χ3n) is 4.09. The van der Waals surface area contributed by atoms with Gasteiger partial charge >= 0.3 is 5.97 Å². The normalized spacial score (nSPS) is 10.6. The zero-order chi connectivity index (χ0) is 21.4. The second-order valence-electron chi connectivity index (χ2n) is 6.61. The van der Waals surface area contributed by atoms with Crippen molar-refractivity contribution in [2.75, 3.05) is 25.5 Å². The summed E-state index contributed by atoms with van der Waals surface area (Å²) in [5.41, 5.74) is 3.41. The Kier molecular flexibility index (Phi) is 7.98. The summed E-state index contributed by atoms with van der Waals surface area (Å²) in [5, 5.41) is 3.30. The molecule has 0 aliphatic heterocycles. The van der Waals surface area contributed by atoms with E-state index in [9.17, 15) is 14.4 Å². The van der Waals surface area contributed by atoms with Crippen molar-refractivity contribution in [3.8, 4) is 0 Å². The summed E-state index contributed by atoms with van der Waals surface area (Å²) in [5.74, 6) is -1.48. The molecule has 152 valence electrons. The predicted molar refractivity (Wildman–Crippen MR) is 114 cm³/mol. The van der Waals surface area contributed by atoms with E-state index in [1.54, 1.807) is 24.3 Å². The lowest BCUT2D eigenvalue weighted by Crippen LogP contribution is -2.37. The average Bonchev–Trinajstić information content (AvgIpc) is 2.68. The van der Waals surface area contributed by atoms with Crippen molar-refractivity contribution in [3.63, 3.8) is 0 Å². The number of aryl methyl sites for hydroxylation is 2. The van der Waals surface area contributed by atoms with Gasteiger partial charge in [0.15, 0.2) is 6.61 Å². The van der Waals surface area contributed by atoms with Gasteiger partial charge in [-0.3, -0.25) is 9.59 Å². The Bertz CT molecular complexity index is 923. The van der Waals surface area contributed by atoms with Crippen LogP contribution in [-0.4, -0.2) is 42.9 Å². The molecular formula is C22H23ClN2O4. The Hall–Kier alpha value is -3.12. The Morgan fingerprint density at radius 2 is 1.79 bits per heavy atom. The lowest BCUT2D eigenvalue weighted by atomic mass is 10.1. The van der Waals surface area contributed by atoms with E-state index in [4.69, 9.17) is 16.3 Å². The van der Waals surface area contributed by atoms with Crippen molar-refractivity contribution in [1.29, 1.82) is 0 Å². The maximum Gasteiger partial charge on any atom is 0.331 e. The first-order chi connectivity index (χ1) is 13.7. The highest BCUT2D eigenvalue weighted by Gasteiger charge is 2.14. The molecule has 7 heteroatoms. The number of carbonyl (C=O) groups excluding carboxylic acids is 3. The zero-order valence-corrected chi connectivity index (χ0v) is 17.3. The molecule has 2 aromatic carbocycles. The first kappa shape index (κ1) is 22.2. The third kappa shape index (κ3) is 7.43. The molecular weight excluding hydrogens is 392 g/mol. The summed E-state index contributed by atoms with van der Waals surface area (Å²) >= 11 is 6.03. The van der Waals surface area contributed by atoms with E-state index in [1.165, 1.54) is 18.0 Å². The summed E-state index contributed by atoms with van der Waals surface area (Å²) in [4.78, 5) is 37.1. The number of amides is 2. The minimum Gasteiger partial charge on any atom is -0.452 e. The number of rotatable bonds is 7. The van der Waals surface area contributed by atoms with Gasteiger partial charge in [-0.2, -0.15) is 0 Å². The van der Waals surface area contributed by atoms with Crippen LogP contribution in [0.1, 0.15) is 16.7 Å². The number of benzene rings is 2. The van der Waals surface area contributed by atoms with Gasteiger partial charge in [0, 0.05) is 23.8 Å². The van der Waals surface area contributed by atoms with Gasteiger partial charge in [0.25, 0.3) is 5.91 Å². The SMILES string of the molecule is Cc1ccc(NC(=O)CN(C)C(=O)COC(=O)/C=C/c2ccc(C)c(Cl)c2)cc1. The molecule has 0 aliphatic rings. The molecule has 6 nitrogen and oxygen atoms in total. The highest BCUT2D eigenvalue weighted by molar-refractivity contribution is 6.31. The highest BCUT2D eigenvalue weighted by atomic mass is 35.5. The van der Waals surface area contributed by atoms with Crippen LogP contribution in [0.4, 0.5) is 5.69 Å². The van der Waals surface area contributed by atoms with Crippen LogP contribution >= 0.6 is 11.6 Å². The summed E-state index contributed by atoms with van der Waals surface area (Å²) in [6.07, 6.45) is 2.77. The van der Waals surface area contributed by atoms with Crippen LogP contribution in [0.15, 0.2) is 48.5 Å². The molecule has 0 aromatic heterocycles. The van der Waals surface area contributed by atoms with Gasteiger partial charge in [-0.1, -0.05) is 41.4 Å². The number of anilines is 1. The van der Waals surface area contributed by atoms with Crippen molar-refractivity contribution in [1.82, 2.24) is 4.90 Å². The summed E-state index contributed by atoms with van der Waals surface area (Å²) in [6, 6.07) is 12.7. The fourth-order valence-corrected chi connectivity index (χ4v) is 2.50. The zero-order valence-electron chi connectivity index (χ0n) is 16.6. The molecule has 2 aromatic rings. The Labute approximate surface area is 175 Å². The number of halogens is 1. The lowest BCUT2D eigenvalue weighted by molar-refractivity contribution is -0.148. The number of nitrogens with zero attached hydrogens (tertiary/aromatic N) is 1. The average molecular weight is 415 g/mol. The van der Waals surface area contributed by atoms with E-state index in [2.05, 4.69) is 5.32 Å². The summed E-state index contributed by atoms with van der Waals surface area (Å²) in [6.45, 7) is 3.23. The molecule has 1 N–H and O–H groups in total. The van der Waals surface area contributed by atoms with Crippen LogP contribution in [0.25, 0.3) is 6.08 Å². The number of nitrogens with one attached hydrogen (secondary N) is 1. The molecule has 0 saturated heterocycles. The van der Waals surface area contributed by atoms with Gasteiger partial charge in [0.05, 0.1) is 6.54 Å². The lowest BCUT2D eigenvalue weighted by Gasteiger charge is -2.16. The van der Waals surface area contributed by atoms with Gasteiger partial charge in [-0.25, -0.2) is 4.79 Å². The van der Waals surface area contributed by atoms with Crippen LogP contribution in [0.2, 0.25) is 5.02 Å². The maximum absolute atomic E-state index is 12.1. The van der Waals surface area contributed by atoms with Gasteiger partial charge in [-0.05, 0) is 49.2 Å². The molecule has 0 atom stereocenters. The minimum absolute atomic E-state index is 0.151. The van der Waals surface area contributed by atoms with Crippen molar-refractivity contribution < 1.29 is 19.1 Å². The number of esters is 1. The van der Waals surface area contributed by atoms with E-state index in [-0.39, 0.29) is 12.5 Å². The monoisotopic (exact) mass is 414 g/mol. The first-order valence-electron chi connectivity index (χ1n) is 8.96. The Balaban J connectivity index is 1.77. The summed E-state index contributed by atoms with van der Waals surface area (Å²) in [7, 11) is 1.47. The van der Waals surface area contributed by atoms with E-state index < -0.39 is 18.5 Å². The number of hydrogen-bond donors (Lipinski definition) is 1. The topological polar surface area (TPSA) is 75.7 Å². The molecule has 0 heterocycles. The van der Waals surface area contributed by atoms with Gasteiger partial charge in [-0.15, -0.1) is 0 Å². The largest absolute Gasteiger partial charge is 0.452 e. The van der Waals surface area contributed by atoms with Gasteiger partial charge in [0.1, 0.15) is 0 Å². The highest BCUT2D eigenvalue weighted by Crippen LogP contribution is 2.17. The standard InChI is InChI=1S/C22H23ClN2O4/c1-15-4-9-18(10-5-15)24-20(26)13-25(3)21(27)14-29-22(28)11-8-17-7-6-16(2)19(23)12-17/h4-12H,13-14H2,1-3H3,(H,24,26)/b11-8+. The van der Waals surface area contributed by atoms with Crippen LogP contribution in [0.3, 0.4) is 0 Å². The third-order valence-corrected chi connectivity index (χ3v) is 4.49. The van der Waals surface area contributed by atoms with Crippen molar-refractivity contribution in [2.45, 2.75) is 13.8 Å². The molecule has 0 radical (unpaired) electrons. The van der Waals surface area contributed by atoms with Crippen molar-refractivity contribution in [2.24, 2.45) is 0 Å². The molecule has 0 spiro atoms. The summed E-state index contributed by atoms with van der Waals surface area (Å²) < 4.78 is 4.93. The smallest absolute Gasteiger partial charge is 0.331 e. The quantitative estimate of drug-likeness (QED) is 0.554. The molecule has 0 unspecified atom stereocenters.